The van der Waals surface area contributed by atoms with Gasteiger partial charge in [-0.25, -0.2) is 0 Å². The number of halogens is 2. The van der Waals surface area contributed by atoms with Crippen LogP contribution in [0.4, 0.5) is 5.69 Å². The molecule has 1 aromatic rings. The SMILES string of the molecule is CC1CCCC(NC(=O)c2cc(Cl)c(N)c(Cl)c2)CC1. The van der Waals surface area contributed by atoms with Crippen LogP contribution in [0.15, 0.2) is 12.1 Å². The van der Waals surface area contributed by atoms with E-state index < -0.39 is 0 Å². The maximum atomic E-state index is 12.3. The average molecular weight is 315 g/mol. The van der Waals surface area contributed by atoms with E-state index in [2.05, 4.69) is 12.2 Å². The number of nitrogen functional groups attached to an aromatic ring is 1. The highest BCUT2D eigenvalue weighted by molar-refractivity contribution is 6.39. The number of benzene rings is 1. The topological polar surface area (TPSA) is 55.1 Å². The quantitative estimate of drug-likeness (QED) is 0.632. The molecule has 1 aliphatic carbocycles. The van der Waals surface area contributed by atoms with Crippen molar-refractivity contribution in [1.82, 2.24) is 5.32 Å². The van der Waals surface area contributed by atoms with Crippen molar-refractivity contribution in [2.75, 3.05) is 5.73 Å². The standard InChI is InChI=1S/C15H20Cl2N2O/c1-9-3-2-4-11(6-5-9)19-15(20)10-7-12(16)14(18)13(17)8-10/h7-9,11H,2-6,18H2,1H3,(H,19,20). The van der Waals surface area contributed by atoms with E-state index in [9.17, 15) is 4.79 Å². The lowest BCUT2D eigenvalue weighted by atomic mass is 10.0. The molecule has 20 heavy (non-hydrogen) atoms. The summed E-state index contributed by atoms with van der Waals surface area (Å²) in [7, 11) is 0. The van der Waals surface area contributed by atoms with Crippen LogP contribution >= 0.6 is 23.2 Å². The molecule has 3 N–H and O–H groups in total. The molecule has 0 bridgehead atoms. The summed E-state index contributed by atoms with van der Waals surface area (Å²) >= 11 is 11.9. The van der Waals surface area contributed by atoms with Crippen LogP contribution in [0.3, 0.4) is 0 Å². The van der Waals surface area contributed by atoms with Gasteiger partial charge in [0.25, 0.3) is 5.91 Å². The van der Waals surface area contributed by atoms with Crippen molar-refractivity contribution in [3.8, 4) is 0 Å². The van der Waals surface area contributed by atoms with E-state index in [1.807, 2.05) is 0 Å². The molecule has 2 rings (SSSR count). The number of rotatable bonds is 2. The van der Waals surface area contributed by atoms with E-state index in [0.717, 1.165) is 31.6 Å². The van der Waals surface area contributed by atoms with Crippen molar-refractivity contribution in [1.29, 1.82) is 0 Å². The average Bonchev–Trinajstić information content (AvgIpc) is 2.60. The highest BCUT2D eigenvalue weighted by atomic mass is 35.5. The minimum absolute atomic E-state index is 0.131. The van der Waals surface area contributed by atoms with Crippen molar-refractivity contribution in [2.24, 2.45) is 5.92 Å². The van der Waals surface area contributed by atoms with Crippen LogP contribution in [0.25, 0.3) is 0 Å². The molecule has 1 aliphatic rings. The van der Waals surface area contributed by atoms with Gasteiger partial charge < -0.3 is 11.1 Å². The molecule has 0 aliphatic heterocycles. The summed E-state index contributed by atoms with van der Waals surface area (Å²) in [6.07, 6.45) is 5.63. The third kappa shape index (κ3) is 3.80. The molecule has 1 saturated carbocycles. The summed E-state index contributed by atoms with van der Waals surface area (Å²) in [6.45, 7) is 2.27. The summed E-state index contributed by atoms with van der Waals surface area (Å²) in [6, 6.07) is 3.37. The number of carbonyl (C=O) groups is 1. The molecule has 0 spiro atoms. The van der Waals surface area contributed by atoms with Gasteiger partial charge in [-0.1, -0.05) is 43.0 Å². The van der Waals surface area contributed by atoms with Gasteiger partial charge in [0.2, 0.25) is 0 Å². The molecule has 0 saturated heterocycles. The van der Waals surface area contributed by atoms with Gasteiger partial charge >= 0.3 is 0 Å². The van der Waals surface area contributed by atoms with Crippen LogP contribution in [-0.2, 0) is 0 Å². The number of nitrogens with one attached hydrogen (secondary N) is 1. The zero-order valence-electron chi connectivity index (χ0n) is 11.6. The van der Waals surface area contributed by atoms with Gasteiger partial charge in [-0.05, 0) is 37.3 Å². The summed E-state index contributed by atoms with van der Waals surface area (Å²) in [4.78, 5) is 12.3. The van der Waals surface area contributed by atoms with E-state index in [4.69, 9.17) is 28.9 Å². The number of hydrogen-bond acceptors (Lipinski definition) is 2. The first kappa shape index (κ1) is 15.5. The first-order valence-electron chi connectivity index (χ1n) is 7.02. The van der Waals surface area contributed by atoms with E-state index >= 15 is 0 Å². The van der Waals surface area contributed by atoms with Crippen molar-refractivity contribution in [3.63, 3.8) is 0 Å². The molecule has 2 atom stereocenters. The van der Waals surface area contributed by atoms with Crippen LogP contribution < -0.4 is 11.1 Å². The van der Waals surface area contributed by atoms with Gasteiger partial charge in [-0.3, -0.25) is 4.79 Å². The van der Waals surface area contributed by atoms with Gasteiger partial charge in [-0.15, -0.1) is 0 Å². The van der Waals surface area contributed by atoms with Crippen molar-refractivity contribution in [3.05, 3.63) is 27.7 Å². The summed E-state index contributed by atoms with van der Waals surface area (Å²) in [5.74, 6) is 0.616. The van der Waals surface area contributed by atoms with E-state index in [1.165, 1.54) is 6.42 Å². The third-order valence-corrected chi connectivity index (χ3v) is 4.56. The molecular weight excluding hydrogens is 295 g/mol. The fourth-order valence-corrected chi connectivity index (χ4v) is 3.10. The Bertz CT molecular complexity index is 482. The van der Waals surface area contributed by atoms with Gasteiger partial charge in [0.1, 0.15) is 0 Å². The largest absolute Gasteiger partial charge is 0.396 e. The third-order valence-electron chi connectivity index (χ3n) is 3.93. The smallest absolute Gasteiger partial charge is 0.251 e. The lowest BCUT2D eigenvalue weighted by molar-refractivity contribution is 0.0933. The maximum absolute atomic E-state index is 12.3. The molecule has 110 valence electrons. The van der Waals surface area contributed by atoms with E-state index in [0.29, 0.717) is 21.3 Å². The van der Waals surface area contributed by atoms with Crippen LogP contribution in [-0.4, -0.2) is 11.9 Å². The maximum Gasteiger partial charge on any atom is 0.251 e. The van der Waals surface area contributed by atoms with Gasteiger partial charge in [0.15, 0.2) is 0 Å². The number of amides is 1. The Balaban J connectivity index is 2.04. The Kier molecular flexibility index (Phi) is 5.17. The minimum Gasteiger partial charge on any atom is -0.396 e. The second kappa shape index (κ2) is 6.68. The lowest BCUT2D eigenvalue weighted by Crippen LogP contribution is -2.34. The first-order chi connectivity index (χ1) is 9.47. The second-order valence-corrected chi connectivity index (χ2v) is 6.45. The Morgan fingerprint density at radius 3 is 2.50 bits per heavy atom. The van der Waals surface area contributed by atoms with Crippen molar-refractivity contribution < 1.29 is 4.79 Å². The molecule has 1 fully saturated rings. The van der Waals surface area contributed by atoms with Crippen LogP contribution in [0.2, 0.25) is 10.0 Å². The lowest BCUT2D eigenvalue weighted by Gasteiger charge is -2.17. The molecule has 1 amide bonds. The zero-order valence-corrected chi connectivity index (χ0v) is 13.1. The Morgan fingerprint density at radius 2 is 1.85 bits per heavy atom. The second-order valence-electron chi connectivity index (χ2n) is 5.64. The summed E-state index contributed by atoms with van der Waals surface area (Å²) in [5, 5.41) is 3.71. The molecule has 0 aromatic heterocycles. The molecule has 0 heterocycles. The van der Waals surface area contributed by atoms with Crippen molar-refractivity contribution >= 4 is 34.8 Å². The first-order valence-corrected chi connectivity index (χ1v) is 7.78. The summed E-state index contributed by atoms with van der Waals surface area (Å²) in [5.41, 5.74) is 6.45. The van der Waals surface area contributed by atoms with Gasteiger partial charge in [0.05, 0.1) is 15.7 Å². The number of carbonyl (C=O) groups excluding carboxylic acids is 1. The van der Waals surface area contributed by atoms with Gasteiger partial charge in [0, 0.05) is 11.6 Å². The van der Waals surface area contributed by atoms with Crippen LogP contribution in [0, 0.1) is 5.92 Å². The number of anilines is 1. The highest BCUT2D eigenvalue weighted by Crippen LogP contribution is 2.29. The van der Waals surface area contributed by atoms with E-state index in [-0.39, 0.29) is 11.9 Å². The molecule has 5 heteroatoms. The monoisotopic (exact) mass is 314 g/mol. The predicted octanol–water partition coefficient (Wildman–Crippen LogP) is 4.27. The highest BCUT2D eigenvalue weighted by Gasteiger charge is 2.19. The Morgan fingerprint density at radius 1 is 1.20 bits per heavy atom. The molecular formula is C15H20Cl2N2O. The van der Waals surface area contributed by atoms with Crippen LogP contribution in [0.5, 0.6) is 0 Å². The number of nitrogens with two attached hydrogens (primary N) is 1. The summed E-state index contributed by atoms with van der Waals surface area (Å²) < 4.78 is 0. The number of hydrogen-bond donors (Lipinski definition) is 2. The Labute approximate surface area is 129 Å². The van der Waals surface area contributed by atoms with Crippen LogP contribution in [0.1, 0.15) is 49.4 Å². The normalized spacial score (nSPS) is 23.1. The Hall–Kier alpha value is -0.930. The van der Waals surface area contributed by atoms with Crippen molar-refractivity contribution in [2.45, 2.75) is 45.1 Å². The fraction of sp³-hybridized carbons (Fsp3) is 0.533. The predicted molar refractivity (Wildman–Crippen MR) is 84.4 cm³/mol. The van der Waals surface area contributed by atoms with E-state index in [1.54, 1.807) is 12.1 Å². The molecule has 2 unspecified atom stereocenters. The van der Waals surface area contributed by atoms with Gasteiger partial charge in [-0.2, -0.15) is 0 Å². The fourth-order valence-electron chi connectivity index (χ4n) is 2.62. The molecule has 3 nitrogen and oxygen atoms in total. The zero-order chi connectivity index (χ0) is 14.7. The minimum atomic E-state index is -0.131. The molecule has 0 radical (unpaired) electrons. The molecule has 1 aromatic carbocycles.